The zero-order valence-electron chi connectivity index (χ0n) is 29.5. The van der Waals surface area contributed by atoms with E-state index in [4.69, 9.17) is 18.9 Å². The lowest BCUT2D eigenvalue weighted by atomic mass is 10.2. The normalized spacial score (nSPS) is 13.4. The van der Waals surface area contributed by atoms with Crippen LogP contribution in [0.25, 0.3) is 0 Å². The molecule has 1 atom stereocenters. The van der Waals surface area contributed by atoms with Crippen molar-refractivity contribution >= 4 is 35.6 Å². The molecule has 0 radical (unpaired) electrons. The SMILES string of the molecule is CC(C)(C)OC(=O)CN(CCN(CC(=O)OC(C)(C)C)[C@@H](CSCc1ccccc1)C(=O)OC(C)(C)C)CC(=O)OC(C)(C)C. The predicted octanol–water partition coefficient (Wildman–Crippen LogP) is 5.26. The number of ether oxygens (including phenoxy) is 4. The van der Waals surface area contributed by atoms with Gasteiger partial charge in [-0.2, -0.15) is 11.8 Å². The van der Waals surface area contributed by atoms with E-state index in [1.54, 1.807) is 105 Å². The molecule has 0 aromatic heterocycles. The molecule has 0 spiro atoms. The van der Waals surface area contributed by atoms with E-state index in [-0.39, 0.29) is 32.7 Å². The first-order valence-electron chi connectivity index (χ1n) is 15.4. The smallest absolute Gasteiger partial charge is 0.324 e. The van der Waals surface area contributed by atoms with E-state index < -0.39 is 52.3 Å². The molecule has 0 amide bonds. The first-order valence-corrected chi connectivity index (χ1v) is 16.5. The Bertz CT molecular complexity index is 1070. The second-order valence-corrected chi connectivity index (χ2v) is 16.0. The summed E-state index contributed by atoms with van der Waals surface area (Å²) in [4.78, 5) is 55.7. The van der Waals surface area contributed by atoms with Crippen LogP contribution in [0.5, 0.6) is 0 Å². The second-order valence-electron chi connectivity index (χ2n) is 15.0. The Labute approximate surface area is 274 Å². The van der Waals surface area contributed by atoms with Gasteiger partial charge in [-0.1, -0.05) is 30.3 Å². The third kappa shape index (κ3) is 20.2. The maximum atomic E-state index is 13.6. The molecule has 0 fully saturated rings. The molecule has 0 aliphatic carbocycles. The maximum Gasteiger partial charge on any atom is 0.324 e. The van der Waals surface area contributed by atoms with Gasteiger partial charge in [-0.25, -0.2) is 0 Å². The van der Waals surface area contributed by atoms with E-state index >= 15 is 0 Å². The lowest BCUT2D eigenvalue weighted by Crippen LogP contribution is -2.52. The van der Waals surface area contributed by atoms with Crippen LogP contribution in [0, 0.1) is 0 Å². The summed E-state index contributed by atoms with van der Waals surface area (Å²) in [5, 5.41) is 0. The topological polar surface area (TPSA) is 112 Å². The highest BCUT2D eigenvalue weighted by Gasteiger charge is 2.34. The molecule has 0 aliphatic rings. The van der Waals surface area contributed by atoms with Gasteiger partial charge in [0.15, 0.2) is 0 Å². The Morgan fingerprint density at radius 3 is 1.47 bits per heavy atom. The molecule has 0 unspecified atom stereocenters. The van der Waals surface area contributed by atoms with Crippen LogP contribution in [0.15, 0.2) is 30.3 Å². The van der Waals surface area contributed by atoms with Crippen molar-refractivity contribution in [3.8, 4) is 0 Å². The molecule has 0 saturated carbocycles. The van der Waals surface area contributed by atoms with Crippen molar-refractivity contribution < 1.29 is 38.1 Å². The minimum Gasteiger partial charge on any atom is -0.459 e. The fourth-order valence-corrected chi connectivity index (χ4v) is 5.15. The van der Waals surface area contributed by atoms with E-state index in [0.717, 1.165) is 5.56 Å². The summed E-state index contributed by atoms with van der Waals surface area (Å²) in [6, 6.07) is 9.08. The van der Waals surface area contributed by atoms with Gasteiger partial charge in [0.25, 0.3) is 0 Å². The number of carbonyl (C=O) groups is 4. The van der Waals surface area contributed by atoms with Crippen LogP contribution < -0.4 is 0 Å². The van der Waals surface area contributed by atoms with E-state index in [9.17, 15) is 19.2 Å². The molecule has 10 nitrogen and oxygen atoms in total. The molecular formula is C34H56N2O8S. The number of nitrogens with zero attached hydrogens (tertiary/aromatic N) is 2. The number of hydrogen-bond acceptors (Lipinski definition) is 11. The van der Waals surface area contributed by atoms with Crippen molar-refractivity contribution in [2.45, 2.75) is 117 Å². The molecular weight excluding hydrogens is 596 g/mol. The van der Waals surface area contributed by atoms with Crippen molar-refractivity contribution in [2.75, 3.05) is 38.5 Å². The molecule has 0 N–H and O–H groups in total. The molecule has 0 saturated heterocycles. The monoisotopic (exact) mass is 652 g/mol. The largest absolute Gasteiger partial charge is 0.459 e. The molecule has 1 rings (SSSR count). The predicted molar refractivity (Wildman–Crippen MR) is 178 cm³/mol. The summed E-state index contributed by atoms with van der Waals surface area (Å²) in [7, 11) is 0. The van der Waals surface area contributed by atoms with Gasteiger partial charge >= 0.3 is 23.9 Å². The minimum absolute atomic E-state index is 0.153. The third-order valence-corrected chi connectivity index (χ3v) is 6.60. The summed E-state index contributed by atoms with van der Waals surface area (Å²) in [5.74, 6) is -1.000. The van der Waals surface area contributed by atoms with Gasteiger partial charge in [-0.05, 0) is 88.6 Å². The Morgan fingerprint density at radius 1 is 0.622 bits per heavy atom. The molecule has 1 aromatic carbocycles. The zero-order valence-corrected chi connectivity index (χ0v) is 30.3. The highest BCUT2D eigenvalue weighted by molar-refractivity contribution is 7.98. The van der Waals surface area contributed by atoms with Crippen molar-refractivity contribution in [1.29, 1.82) is 0 Å². The maximum absolute atomic E-state index is 13.6. The molecule has 256 valence electrons. The van der Waals surface area contributed by atoms with Crippen molar-refractivity contribution in [2.24, 2.45) is 0 Å². The molecule has 45 heavy (non-hydrogen) atoms. The van der Waals surface area contributed by atoms with E-state index in [1.807, 2.05) is 30.3 Å². The van der Waals surface area contributed by atoms with Gasteiger partial charge in [-0.3, -0.25) is 29.0 Å². The van der Waals surface area contributed by atoms with Crippen LogP contribution in [-0.2, 0) is 43.9 Å². The van der Waals surface area contributed by atoms with Crippen molar-refractivity contribution in [1.82, 2.24) is 9.80 Å². The number of benzene rings is 1. The number of rotatable bonds is 15. The quantitative estimate of drug-likeness (QED) is 0.183. The first kappa shape index (κ1) is 40.4. The molecule has 1 aromatic rings. The second kappa shape index (κ2) is 17.3. The van der Waals surface area contributed by atoms with E-state index in [2.05, 4.69) is 0 Å². The minimum atomic E-state index is -0.810. The summed E-state index contributed by atoms with van der Waals surface area (Å²) in [6.45, 7) is 21.1. The average Bonchev–Trinajstić information content (AvgIpc) is 2.80. The highest BCUT2D eigenvalue weighted by atomic mass is 32.2. The Morgan fingerprint density at radius 2 is 1.04 bits per heavy atom. The molecule has 11 heteroatoms. The fraction of sp³-hybridized carbons (Fsp3) is 0.706. The fourth-order valence-electron chi connectivity index (χ4n) is 4.04. The van der Waals surface area contributed by atoms with Crippen LogP contribution in [0.4, 0.5) is 0 Å². The molecule has 0 bridgehead atoms. The van der Waals surface area contributed by atoms with Crippen molar-refractivity contribution in [3.05, 3.63) is 35.9 Å². The summed E-state index contributed by atoms with van der Waals surface area (Å²) in [6.07, 6.45) is 0. The van der Waals surface area contributed by atoms with Gasteiger partial charge in [0.2, 0.25) is 0 Å². The van der Waals surface area contributed by atoms with Gasteiger partial charge in [-0.15, -0.1) is 0 Å². The highest BCUT2D eigenvalue weighted by Crippen LogP contribution is 2.20. The van der Waals surface area contributed by atoms with E-state index in [0.29, 0.717) is 11.5 Å². The Kier molecular flexibility index (Phi) is 15.6. The summed E-state index contributed by atoms with van der Waals surface area (Å²) >= 11 is 1.55. The third-order valence-electron chi connectivity index (χ3n) is 5.51. The Balaban J connectivity index is 3.35. The zero-order chi connectivity index (χ0) is 34.6. The molecule has 0 heterocycles. The van der Waals surface area contributed by atoms with E-state index in [1.165, 1.54) is 0 Å². The number of carbonyl (C=O) groups excluding carboxylic acids is 4. The van der Waals surface area contributed by atoms with Crippen molar-refractivity contribution in [3.63, 3.8) is 0 Å². The van der Waals surface area contributed by atoms with Crippen LogP contribution in [0.3, 0.4) is 0 Å². The standard InChI is InChI=1S/C34H56N2O8S/c1-31(2,3)41-27(37)20-35(21-28(38)42-32(4,5)6)18-19-36(22-29(39)43-33(7,8)9)26(30(40)44-34(10,11)12)24-45-23-25-16-14-13-15-17-25/h13-17,26H,18-24H2,1-12H3/t26-/m0/s1. The van der Waals surface area contributed by atoms with Crippen LogP contribution in [0.1, 0.15) is 88.6 Å². The number of thioether (sulfide) groups is 1. The first-order chi connectivity index (χ1) is 20.4. The van der Waals surface area contributed by atoms with Gasteiger partial charge in [0.1, 0.15) is 28.4 Å². The molecule has 0 aliphatic heterocycles. The number of esters is 4. The van der Waals surface area contributed by atoms with Crippen LogP contribution in [0.2, 0.25) is 0 Å². The average molecular weight is 653 g/mol. The number of hydrogen-bond donors (Lipinski definition) is 0. The lowest BCUT2D eigenvalue weighted by molar-refractivity contribution is -0.166. The van der Waals surface area contributed by atoms with Gasteiger partial charge in [0.05, 0.1) is 19.6 Å². The van der Waals surface area contributed by atoms with Crippen LogP contribution >= 0.6 is 11.8 Å². The van der Waals surface area contributed by atoms with Crippen LogP contribution in [-0.4, -0.2) is 101 Å². The van der Waals surface area contributed by atoms with Gasteiger partial charge < -0.3 is 18.9 Å². The van der Waals surface area contributed by atoms with Gasteiger partial charge in [0, 0.05) is 24.6 Å². The lowest BCUT2D eigenvalue weighted by Gasteiger charge is -2.34. The Hall–Kier alpha value is -2.63. The summed E-state index contributed by atoms with van der Waals surface area (Å²) in [5.41, 5.74) is -1.81. The summed E-state index contributed by atoms with van der Waals surface area (Å²) < 4.78 is 22.5.